The van der Waals surface area contributed by atoms with Crippen molar-refractivity contribution >= 4 is 27.4 Å². The monoisotopic (exact) mass is 405 g/mol. The van der Waals surface area contributed by atoms with Crippen LogP contribution < -0.4 is 10.6 Å². The number of aromatic nitrogens is 2. The van der Waals surface area contributed by atoms with Gasteiger partial charge in [0.15, 0.2) is 0 Å². The van der Waals surface area contributed by atoms with Gasteiger partial charge in [0.1, 0.15) is 5.82 Å². The molecule has 0 atom stereocenters. The Morgan fingerprint density at radius 2 is 1.86 bits per heavy atom. The van der Waals surface area contributed by atoms with E-state index in [-0.39, 0.29) is 17.3 Å². The number of nitrogens with one attached hydrogen (secondary N) is 2. The summed E-state index contributed by atoms with van der Waals surface area (Å²) >= 11 is 0. The summed E-state index contributed by atoms with van der Waals surface area (Å²) in [5, 5.41) is 9.95. The van der Waals surface area contributed by atoms with Crippen LogP contribution in [0.3, 0.4) is 0 Å². The minimum Gasteiger partial charge on any atom is -0.376 e. The number of carbonyl (C=O) groups excluding carboxylic acids is 1. The molecule has 1 aliphatic rings. The lowest BCUT2D eigenvalue weighted by molar-refractivity contribution is -0.114. The number of hydrogen-bond acceptors (Lipinski definition) is 5. The van der Waals surface area contributed by atoms with Crippen LogP contribution in [0.4, 0.5) is 11.5 Å². The highest BCUT2D eigenvalue weighted by Gasteiger charge is 2.25. The first-order valence-corrected chi connectivity index (χ1v) is 10.9. The third kappa shape index (κ3) is 4.90. The third-order valence-electron chi connectivity index (χ3n) is 4.76. The van der Waals surface area contributed by atoms with Crippen LogP contribution in [-0.4, -0.2) is 48.0 Å². The molecule has 1 saturated heterocycles. The number of aryl methyl sites for hydroxylation is 2. The zero-order chi connectivity index (χ0) is 20.1. The fourth-order valence-electron chi connectivity index (χ4n) is 3.29. The van der Waals surface area contributed by atoms with E-state index in [4.69, 9.17) is 0 Å². The van der Waals surface area contributed by atoms with Gasteiger partial charge in [-0.3, -0.25) is 9.48 Å². The molecule has 1 aliphatic heterocycles. The molecule has 2 N–H and O–H groups in total. The van der Waals surface area contributed by atoms with E-state index in [2.05, 4.69) is 15.7 Å². The second kappa shape index (κ2) is 8.74. The Morgan fingerprint density at radius 1 is 1.14 bits per heavy atom. The molecule has 0 bridgehead atoms. The summed E-state index contributed by atoms with van der Waals surface area (Å²) in [5.74, 6) is 0.380. The summed E-state index contributed by atoms with van der Waals surface area (Å²) < 4.78 is 29.0. The zero-order valence-electron chi connectivity index (χ0n) is 16.3. The second-order valence-electron chi connectivity index (χ2n) is 7.04. The second-order valence-corrected chi connectivity index (χ2v) is 8.98. The molecule has 9 heteroatoms. The molecular weight excluding hydrogens is 378 g/mol. The standard InChI is InChI=1S/C19H27N5O3S/c1-15-12-18(23(2)22-15)21-19(25)14-20-16-8-7-9-17(13-16)28(26,27)24-10-5-3-4-6-11-24/h7-9,12-13,20H,3-6,10-11,14H2,1-2H3,(H,21,25). The minimum atomic E-state index is -3.52. The number of benzene rings is 1. The molecule has 0 unspecified atom stereocenters. The Balaban J connectivity index is 1.64. The van der Waals surface area contributed by atoms with Gasteiger partial charge in [0.05, 0.1) is 17.1 Å². The van der Waals surface area contributed by atoms with E-state index in [9.17, 15) is 13.2 Å². The summed E-state index contributed by atoms with van der Waals surface area (Å²) in [6, 6.07) is 8.41. The number of nitrogens with zero attached hydrogens (tertiary/aromatic N) is 3. The van der Waals surface area contributed by atoms with Crippen molar-refractivity contribution in [3.63, 3.8) is 0 Å². The van der Waals surface area contributed by atoms with E-state index in [1.54, 1.807) is 46.4 Å². The molecule has 2 heterocycles. The molecule has 1 amide bonds. The van der Waals surface area contributed by atoms with Crippen LogP contribution in [0.1, 0.15) is 31.4 Å². The first-order chi connectivity index (χ1) is 13.4. The maximum Gasteiger partial charge on any atom is 0.244 e. The Kier molecular flexibility index (Phi) is 6.35. The first kappa shape index (κ1) is 20.3. The lowest BCUT2D eigenvalue weighted by atomic mass is 10.2. The normalized spacial score (nSPS) is 15.8. The van der Waals surface area contributed by atoms with E-state index in [0.29, 0.717) is 24.6 Å². The first-order valence-electron chi connectivity index (χ1n) is 9.51. The van der Waals surface area contributed by atoms with Crippen molar-refractivity contribution in [3.8, 4) is 0 Å². The van der Waals surface area contributed by atoms with Gasteiger partial charge in [0.2, 0.25) is 15.9 Å². The zero-order valence-corrected chi connectivity index (χ0v) is 17.1. The number of carbonyl (C=O) groups is 1. The largest absolute Gasteiger partial charge is 0.376 e. The summed E-state index contributed by atoms with van der Waals surface area (Å²) in [7, 11) is -1.76. The van der Waals surface area contributed by atoms with Crippen LogP contribution in [0, 0.1) is 6.92 Å². The SMILES string of the molecule is Cc1cc(NC(=O)CNc2cccc(S(=O)(=O)N3CCCCCC3)c2)n(C)n1. The molecule has 1 aromatic heterocycles. The van der Waals surface area contributed by atoms with E-state index in [1.165, 1.54) is 0 Å². The van der Waals surface area contributed by atoms with E-state index < -0.39 is 10.0 Å². The van der Waals surface area contributed by atoms with Crippen LogP contribution in [0.15, 0.2) is 35.2 Å². The highest BCUT2D eigenvalue weighted by atomic mass is 32.2. The van der Waals surface area contributed by atoms with E-state index >= 15 is 0 Å². The quantitative estimate of drug-likeness (QED) is 0.769. The van der Waals surface area contributed by atoms with Crippen molar-refractivity contribution in [3.05, 3.63) is 36.0 Å². The fraction of sp³-hybridized carbons (Fsp3) is 0.474. The molecule has 1 fully saturated rings. The number of rotatable bonds is 6. The van der Waals surface area contributed by atoms with Gasteiger partial charge in [-0.05, 0) is 38.0 Å². The highest BCUT2D eigenvalue weighted by molar-refractivity contribution is 7.89. The Bertz CT molecular complexity index is 931. The van der Waals surface area contributed by atoms with Crippen molar-refractivity contribution in [2.24, 2.45) is 7.05 Å². The molecule has 0 spiro atoms. The maximum absolute atomic E-state index is 12.9. The van der Waals surface area contributed by atoms with Gasteiger partial charge < -0.3 is 10.6 Å². The van der Waals surface area contributed by atoms with Crippen LogP contribution in [0.25, 0.3) is 0 Å². The van der Waals surface area contributed by atoms with E-state index in [0.717, 1.165) is 31.4 Å². The molecule has 152 valence electrons. The molecule has 2 aromatic rings. The topological polar surface area (TPSA) is 96.3 Å². The Hall–Kier alpha value is -2.39. The lowest BCUT2D eigenvalue weighted by Gasteiger charge is -2.20. The average Bonchev–Trinajstić information content (AvgIpc) is 2.87. The number of sulfonamides is 1. The molecule has 0 radical (unpaired) electrons. The number of hydrogen-bond donors (Lipinski definition) is 2. The molecule has 8 nitrogen and oxygen atoms in total. The van der Waals surface area contributed by atoms with Crippen LogP contribution in [-0.2, 0) is 21.9 Å². The highest BCUT2D eigenvalue weighted by Crippen LogP contribution is 2.22. The number of anilines is 2. The lowest BCUT2D eigenvalue weighted by Crippen LogP contribution is -2.32. The predicted octanol–water partition coefficient (Wildman–Crippen LogP) is 2.34. The third-order valence-corrected chi connectivity index (χ3v) is 6.65. The van der Waals surface area contributed by atoms with Crippen molar-refractivity contribution in [2.45, 2.75) is 37.5 Å². The van der Waals surface area contributed by atoms with Gasteiger partial charge in [-0.2, -0.15) is 9.40 Å². The van der Waals surface area contributed by atoms with Gasteiger partial charge >= 0.3 is 0 Å². The van der Waals surface area contributed by atoms with Gasteiger partial charge in [-0.1, -0.05) is 18.9 Å². The molecule has 3 rings (SSSR count). The van der Waals surface area contributed by atoms with E-state index in [1.807, 2.05) is 6.92 Å². The van der Waals surface area contributed by atoms with Crippen molar-refractivity contribution in [1.29, 1.82) is 0 Å². The summed E-state index contributed by atoms with van der Waals surface area (Å²) in [4.78, 5) is 12.4. The molecule has 0 saturated carbocycles. The summed E-state index contributed by atoms with van der Waals surface area (Å²) in [6.07, 6.45) is 3.92. The van der Waals surface area contributed by atoms with Gasteiger partial charge in [-0.25, -0.2) is 8.42 Å². The van der Waals surface area contributed by atoms with Crippen LogP contribution in [0.2, 0.25) is 0 Å². The van der Waals surface area contributed by atoms with Crippen molar-refractivity contribution in [1.82, 2.24) is 14.1 Å². The number of amides is 1. The van der Waals surface area contributed by atoms with Crippen molar-refractivity contribution in [2.75, 3.05) is 30.3 Å². The van der Waals surface area contributed by atoms with Crippen LogP contribution in [0.5, 0.6) is 0 Å². The van der Waals surface area contributed by atoms with Crippen LogP contribution >= 0.6 is 0 Å². The Morgan fingerprint density at radius 3 is 2.50 bits per heavy atom. The average molecular weight is 406 g/mol. The molecule has 1 aromatic carbocycles. The summed E-state index contributed by atoms with van der Waals surface area (Å²) in [5.41, 5.74) is 1.41. The minimum absolute atomic E-state index is 0.0252. The fourth-order valence-corrected chi connectivity index (χ4v) is 4.86. The van der Waals surface area contributed by atoms with Gasteiger partial charge in [-0.15, -0.1) is 0 Å². The predicted molar refractivity (Wildman–Crippen MR) is 109 cm³/mol. The summed E-state index contributed by atoms with van der Waals surface area (Å²) in [6.45, 7) is 3.00. The smallest absolute Gasteiger partial charge is 0.244 e. The van der Waals surface area contributed by atoms with Gasteiger partial charge in [0, 0.05) is 31.9 Å². The molecule has 0 aliphatic carbocycles. The van der Waals surface area contributed by atoms with Gasteiger partial charge in [0.25, 0.3) is 0 Å². The maximum atomic E-state index is 12.9. The van der Waals surface area contributed by atoms with Crippen molar-refractivity contribution < 1.29 is 13.2 Å². The molecular formula is C19H27N5O3S. The Labute approximate surface area is 166 Å². The molecule has 28 heavy (non-hydrogen) atoms.